The van der Waals surface area contributed by atoms with Crippen LogP contribution < -0.4 is 5.73 Å². The van der Waals surface area contributed by atoms with Gasteiger partial charge in [-0.3, -0.25) is 0 Å². The van der Waals surface area contributed by atoms with E-state index in [4.69, 9.17) is 5.73 Å². The lowest BCUT2D eigenvalue weighted by Crippen LogP contribution is -1.96. The molecule has 83 valence electrons. The molecule has 1 radical (unpaired) electrons. The molecule has 0 amide bonds. The van der Waals surface area contributed by atoms with E-state index in [1.54, 1.807) is 29.1 Å². The van der Waals surface area contributed by atoms with Crippen LogP contribution in [0.3, 0.4) is 0 Å². The van der Waals surface area contributed by atoms with Gasteiger partial charge in [-0.25, -0.2) is 9.07 Å². The minimum absolute atomic E-state index is 0.266. The zero-order valence-corrected chi connectivity index (χ0v) is 8.89. The number of hydrogen-bond donors (Lipinski definition) is 1. The Morgan fingerprint density at radius 3 is 2.71 bits per heavy atom. The topological polar surface area (TPSA) is 43.8 Å². The van der Waals surface area contributed by atoms with E-state index in [1.807, 2.05) is 6.07 Å². The molecular formula is C13H9FN3. The molecule has 3 aromatic rings. The second-order valence-corrected chi connectivity index (χ2v) is 3.72. The number of nitrogen functional groups attached to an aromatic ring is 1. The van der Waals surface area contributed by atoms with Crippen molar-refractivity contribution >= 4 is 16.6 Å². The van der Waals surface area contributed by atoms with Gasteiger partial charge in [0, 0.05) is 11.5 Å². The standard InChI is InChI=1S/C13H9FN3/c14-9-4-6-10(7-5-9)17-13-3-1-2-12(15)11(13)8-16-17/h1,3-8H,15H2. The van der Waals surface area contributed by atoms with Crippen molar-refractivity contribution < 1.29 is 4.39 Å². The molecule has 0 aliphatic rings. The second kappa shape index (κ2) is 3.59. The fourth-order valence-electron chi connectivity index (χ4n) is 1.80. The molecule has 0 bridgehead atoms. The first kappa shape index (κ1) is 9.84. The number of nitrogens with two attached hydrogens (primary N) is 1. The molecule has 0 fully saturated rings. The first-order chi connectivity index (χ1) is 8.25. The fourth-order valence-corrected chi connectivity index (χ4v) is 1.80. The molecule has 0 saturated heterocycles. The summed E-state index contributed by atoms with van der Waals surface area (Å²) in [4.78, 5) is 0. The second-order valence-electron chi connectivity index (χ2n) is 3.72. The summed E-state index contributed by atoms with van der Waals surface area (Å²) in [5.74, 6) is -0.266. The molecule has 0 spiro atoms. The Bertz CT molecular complexity index is 671. The van der Waals surface area contributed by atoms with Gasteiger partial charge in [-0.15, -0.1) is 0 Å². The van der Waals surface area contributed by atoms with E-state index in [1.165, 1.54) is 12.1 Å². The number of anilines is 1. The predicted octanol–water partition coefficient (Wildman–Crippen LogP) is 2.55. The smallest absolute Gasteiger partial charge is 0.123 e. The normalized spacial score (nSPS) is 10.9. The van der Waals surface area contributed by atoms with Gasteiger partial charge in [0.25, 0.3) is 0 Å². The van der Waals surface area contributed by atoms with Crippen LogP contribution in [-0.4, -0.2) is 9.78 Å². The molecule has 3 nitrogen and oxygen atoms in total. The lowest BCUT2D eigenvalue weighted by molar-refractivity contribution is 0.627. The van der Waals surface area contributed by atoms with Gasteiger partial charge in [-0.1, -0.05) is 6.07 Å². The number of fused-ring (bicyclic) bond motifs is 1. The molecule has 2 aromatic carbocycles. The van der Waals surface area contributed by atoms with Crippen molar-refractivity contribution in [1.82, 2.24) is 9.78 Å². The molecule has 0 aliphatic heterocycles. The van der Waals surface area contributed by atoms with Crippen LogP contribution in [0.5, 0.6) is 0 Å². The SMILES string of the molecule is Nc1[c]ccc2c1cnn2-c1ccc(F)cc1. The maximum atomic E-state index is 12.9. The van der Waals surface area contributed by atoms with Crippen molar-refractivity contribution in [2.75, 3.05) is 5.73 Å². The van der Waals surface area contributed by atoms with Crippen LogP contribution in [0.2, 0.25) is 0 Å². The zero-order valence-electron chi connectivity index (χ0n) is 8.89. The summed E-state index contributed by atoms with van der Waals surface area (Å²) in [6.45, 7) is 0. The Balaban J connectivity index is 2.24. The third-order valence-corrected chi connectivity index (χ3v) is 2.65. The van der Waals surface area contributed by atoms with E-state index in [-0.39, 0.29) is 5.82 Å². The van der Waals surface area contributed by atoms with Crippen LogP contribution >= 0.6 is 0 Å². The van der Waals surface area contributed by atoms with Crippen molar-refractivity contribution in [3.8, 4) is 5.69 Å². The van der Waals surface area contributed by atoms with Crippen molar-refractivity contribution in [3.05, 3.63) is 54.5 Å². The Morgan fingerprint density at radius 1 is 1.18 bits per heavy atom. The van der Waals surface area contributed by atoms with Crippen LogP contribution in [0.4, 0.5) is 10.1 Å². The van der Waals surface area contributed by atoms with Gasteiger partial charge in [0.2, 0.25) is 0 Å². The van der Waals surface area contributed by atoms with E-state index < -0.39 is 0 Å². The summed E-state index contributed by atoms with van der Waals surface area (Å²) < 4.78 is 14.6. The lowest BCUT2D eigenvalue weighted by Gasteiger charge is -2.03. The van der Waals surface area contributed by atoms with Gasteiger partial charge in [0.1, 0.15) is 5.82 Å². The molecular weight excluding hydrogens is 217 g/mol. The number of hydrogen-bond acceptors (Lipinski definition) is 2. The molecule has 1 aromatic heterocycles. The van der Waals surface area contributed by atoms with Crippen LogP contribution in [0.25, 0.3) is 16.6 Å². The van der Waals surface area contributed by atoms with E-state index in [9.17, 15) is 4.39 Å². The molecule has 4 heteroatoms. The monoisotopic (exact) mass is 226 g/mol. The molecule has 0 unspecified atom stereocenters. The van der Waals surface area contributed by atoms with Crippen molar-refractivity contribution in [2.45, 2.75) is 0 Å². The van der Waals surface area contributed by atoms with E-state index in [0.29, 0.717) is 5.69 Å². The van der Waals surface area contributed by atoms with Crippen LogP contribution in [0.15, 0.2) is 42.6 Å². The van der Waals surface area contributed by atoms with Gasteiger partial charge in [-0.05, 0) is 30.3 Å². The largest absolute Gasteiger partial charge is 0.398 e. The Morgan fingerprint density at radius 2 is 1.94 bits per heavy atom. The summed E-state index contributed by atoms with van der Waals surface area (Å²) in [6.07, 6.45) is 1.69. The lowest BCUT2D eigenvalue weighted by atomic mass is 10.2. The minimum atomic E-state index is -0.266. The van der Waals surface area contributed by atoms with Gasteiger partial charge >= 0.3 is 0 Å². The summed E-state index contributed by atoms with van der Waals surface area (Å²) in [7, 11) is 0. The Kier molecular flexibility index (Phi) is 2.08. The summed E-state index contributed by atoms with van der Waals surface area (Å²) >= 11 is 0. The molecule has 0 aliphatic carbocycles. The van der Waals surface area contributed by atoms with Crippen LogP contribution in [0.1, 0.15) is 0 Å². The molecule has 17 heavy (non-hydrogen) atoms. The summed E-state index contributed by atoms with van der Waals surface area (Å²) in [6, 6.07) is 12.7. The zero-order chi connectivity index (χ0) is 11.8. The van der Waals surface area contributed by atoms with Crippen LogP contribution in [0, 0.1) is 11.9 Å². The highest BCUT2D eigenvalue weighted by atomic mass is 19.1. The number of benzene rings is 2. The van der Waals surface area contributed by atoms with Crippen LogP contribution in [-0.2, 0) is 0 Å². The van der Waals surface area contributed by atoms with E-state index in [0.717, 1.165) is 16.6 Å². The molecule has 3 rings (SSSR count). The molecule has 0 saturated carbocycles. The third-order valence-electron chi connectivity index (χ3n) is 2.65. The van der Waals surface area contributed by atoms with E-state index in [2.05, 4.69) is 11.2 Å². The average Bonchev–Trinajstić information content (AvgIpc) is 2.75. The Labute approximate surface area is 97.3 Å². The predicted molar refractivity (Wildman–Crippen MR) is 64.3 cm³/mol. The molecule has 1 heterocycles. The number of nitrogens with zero attached hydrogens (tertiary/aromatic N) is 2. The third kappa shape index (κ3) is 1.54. The van der Waals surface area contributed by atoms with Gasteiger partial charge < -0.3 is 5.73 Å². The summed E-state index contributed by atoms with van der Waals surface area (Å²) in [5.41, 5.74) is 8.05. The quantitative estimate of drug-likeness (QED) is 0.648. The summed E-state index contributed by atoms with van der Waals surface area (Å²) in [5, 5.41) is 5.09. The highest BCUT2D eigenvalue weighted by molar-refractivity contribution is 5.90. The highest BCUT2D eigenvalue weighted by Crippen LogP contribution is 2.22. The minimum Gasteiger partial charge on any atom is -0.398 e. The maximum absolute atomic E-state index is 12.9. The maximum Gasteiger partial charge on any atom is 0.123 e. The van der Waals surface area contributed by atoms with Crippen molar-refractivity contribution in [1.29, 1.82) is 0 Å². The number of aromatic nitrogens is 2. The number of halogens is 1. The van der Waals surface area contributed by atoms with Gasteiger partial charge in [-0.2, -0.15) is 5.10 Å². The van der Waals surface area contributed by atoms with Gasteiger partial charge in [0.15, 0.2) is 0 Å². The van der Waals surface area contributed by atoms with Crippen molar-refractivity contribution in [2.24, 2.45) is 0 Å². The van der Waals surface area contributed by atoms with Gasteiger partial charge in [0.05, 0.1) is 23.1 Å². The average molecular weight is 226 g/mol. The Hall–Kier alpha value is -2.36. The van der Waals surface area contributed by atoms with Crippen molar-refractivity contribution in [3.63, 3.8) is 0 Å². The number of rotatable bonds is 1. The molecule has 2 N–H and O–H groups in total. The van der Waals surface area contributed by atoms with E-state index >= 15 is 0 Å². The first-order valence-corrected chi connectivity index (χ1v) is 5.15. The molecule has 0 atom stereocenters. The first-order valence-electron chi connectivity index (χ1n) is 5.15. The highest BCUT2D eigenvalue weighted by Gasteiger charge is 2.06. The fraction of sp³-hybridized carbons (Fsp3) is 0.